The highest BCUT2D eigenvalue weighted by molar-refractivity contribution is 7.92. The minimum absolute atomic E-state index is 0.198. The average molecular weight is 398 g/mol. The number of nitrogens with zero attached hydrogens (tertiary/aromatic N) is 2. The number of hydrogen-bond acceptors (Lipinski definition) is 4. The fourth-order valence-electron chi connectivity index (χ4n) is 2.69. The van der Waals surface area contributed by atoms with E-state index in [1.807, 2.05) is 66.9 Å². The predicted octanol–water partition coefficient (Wildman–Crippen LogP) is 2.98. The Labute approximate surface area is 165 Å². The maximum absolute atomic E-state index is 12.1. The van der Waals surface area contributed by atoms with E-state index >= 15 is 0 Å². The van der Waals surface area contributed by atoms with Gasteiger partial charge >= 0.3 is 0 Å². The van der Waals surface area contributed by atoms with Gasteiger partial charge in [0, 0.05) is 23.9 Å². The van der Waals surface area contributed by atoms with Gasteiger partial charge < -0.3 is 5.32 Å². The smallest absolute Gasteiger partial charge is 0.235 e. The van der Waals surface area contributed by atoms with Crippen molar-refractivity contribution < 1.29 is 13.2 Å². The Morgan fingerprint density at radius 2 is 1.64 bits per heavy atom. The zero-order valence-electron chi connectivity index (χ0n) is 15.9. The zero-order chi connectivity index (χ0) is 20.1. The molecule has 0 fully saturated rings. The fraction of sp³-hybridized carbons (Fsp3) is 0.238. The van der Waals surface area contributed by atoms with Crippen LogP contribution in [-0.2, 0) is 21.2 Å². The van der Waals surface area contributed by atoms with Gasteiger partial charge in [-0.2, -0.15) is 5.10 Å². The van der Waals surface area contributed by atoms with Crippen LogP contribution in [-0.4, -0.2) is 35.1 Å². The summed E-state index contributed by atoms with van der Waals surface area (Å²) in [7, 11) is -3.43. The molecule has 0 radical (unpaired) electrons. The first-order chi connectivity index (χ1) is 13.4. The molecule has 0 bridgehead atoms. The Morgan fingerprint density at radius 3 is 2.25 bits per heavy atom. The summed E-state index contributed by atoms with van der Waals surface area (Å²) in [5.74, 6) is -1.03. The van der Waals surface area contributed by atoms with Crippen molar-refractivity contribution in [2.75, 3.05) is 5.75 Å². The molecule has 28 heavy (non-hydrogen) atoms. The Morgan fingerprint density at radius 1 is 1.04 bits per heavy atom. The molecule has 0 atom stereocenters. The molecule has 0 aliphatic rings. The molecule has 0 unspecified atom stereocenters. The molecule has 0 spiro atoms. The number of carbonyl (C=O) groups is 1. The average Bonchev–Trinajstić information content (AvgIpc) is 3.12. The number of para-hydroxylation sites is 1. The largest absolute Gasteiger partial charge is 0.351 e. The number of carbonyl (C=O) groups excluding carboxylic acids is 1. The molecular weight excluding hydrogens is 374 g/mol. The molecule has 0 saturated heterocycles. The normalized spacial score (nSPS) is 11.5. The second-order valence-corrected chi connectivity index (χ2v) is 9.34. The summed E-state index contributed by atoms with van der Waals surface area (Å²) in [4.78, 5) is 12.1. The van der Waals surface area contributed by atoms with Gasteiger partial charge in [0.15, 0.2) is 9.84 Å². The Bertz CT molecular complexity index is 1040. The highest BCUT2D eigenvalue weighted by atomic mass is 32.2. The quantitative estimate of drug-likeness (QED) is 0.665. The molecule has 0 aliphatic carbocycles. The third-order valence-corrected chi connectivity index (χ3v) is 6.49. The summed E-state index contributed by atoms with van der Waals surface area (Å²) in [6, 6.07) is 19.4. The molecule has 6 nitrogen and oxygen atoms in total. The second-order valence-electron chi connectivity index (χ2n) is 6.78. The third-order valence-electron chi connectivity index (χ3n) is 4.38. The predicted molar refractivity (Wildman–Crippen MR) is 110 cm³/mol. The topological polar surface area (TPSA) is 81.1 Å². The van der Waals surface area contributed by atoms with Crippen LogP contribution in [0.2, 0.25) is 0 Å². The van der Waals surface area contributed by atoms with E-state index in [-0.39, 0.29) is 6.54 Å². The first-order valence-corrected chi connectivity index (χ1v) is 10.8. The Balaban J connectivity index is 1.85. The van der Waals surface area contributed by atoms with Crippen molar-refractivity contribution in [3.05, 3.63) is 72.4 Å². The van der Waals surface area contributed by atoms with Crippen molar-refractivity contribution in [1.29, 1.82) is 0 Å². The van der Waals surface area contributed by atoms with Gasteiger partial charge in [-0.3, -0.25) is 4.79 Å². The van der Waals surface area contributed by atoms with Crippen LogP contribution >= 0.6 is 0 Å². The van der Waals surface area contributed by atoms with Crippen LogP contribution in [0, 0.1) is 0 Å². The van der Waals surface area contributed by atoms with Crippen LogP contribution in [0.5, 0.6) is 0 Å². The van der Waals surface area contributed by atoms with E-state index < -0.39 is 26.7 Å². The maximum atomic E-state index is 12.1. The fourth-order valence-corrected chi connectivity index (χ4v) is 3.49. The van der Waals surface area contributed by atoms with Crippen LogP contribution in [0.1, 0.15) is 19.4 Å². The maximum Gasteiger partial charge on any atom is 0.235 e. The molecule has 3 aromatic rings. The van der Waals surface area contributed by atoms with Crippen molar-refractivity contribution in [3.63, 3.8) is 0 Å². The van der Waals surface area contributed by atoms with E-state index in [1.165, 1.54) is 0 Å². The minimum Gasteiger partial charge on any atom is -0.351 e. The number of sulfone groups is 1. The second kappa shape index (κ2) is 8.39. The SMILES string of the molecule is CC(C)S(=O)(=O)CC(=O)NCc1cn(-c2ccccc2)nc1-c1ccccc1. The molecule has 0 aliphatic heterocycles. The first kappa shape index (κ1) is 19.8. The Kier molecular flexibility index (Phi) is 5.94. The van der Waals surface area contributed by atoms with Crippen LogP contribution < -0.4 is 5.32 Å². The number of aromatic nitrogens is 2. The minimum atomic E-state index is -3.43. The summed E-state index contributed by atoms with van der Waals surface area (Å²) < 4.78 is 25.7. The summed E-state index contributed by atoms with van der Waals surface area (Å²) in [6.45, 7) is 3.34. The highest BCUT2D eigenvalue weighted by Crippen LogP contribution is 2.23. The molecule has 146 valence electrons. The Hall–Kier alpha value is -2.93. The van der Waals surface area contributed by atoms with Crippen molar-refractivity contribution in [2.45, 2.75) is 25.6 Å². The lowest BCUT2D eigenvalue weighted by Crippen LogP contribution is -2.32. The van der Waals surface area contributed by atoms with Crippen molar-refractivity contribution >= 4 is 15.7 Å². The number of amides is 1. The summed E-state index contributed by atoms with van der Waals surface area (Å²) in [5.41, 5.74) is 3.39. The van der Waals surface area contributed by atoms with Gasteiger partial charge in [-0.25, -0.2) is 13.1 Å². The van der Waals surface area contributed by atoms with Gasteiger partial charge in [-0.05, 0) is 26.0 Å². The van der Waals surface area contributed by atoms with E-state index in [9.17, 15) is 13.2 Å². The molecule has 2 aromatic carbocycles. The summed E-state index contributed by atoms with van der Waals surface area (Å²) in [6.07, 6.45) is 1.86. The van der Waals surface area contributed by atoms with E-state index in [4.69, 9.17) is 0 Å². The van der Waals surface area contributed by atoms with Crippen molar-refractivity contribution in [3.8, 4) is 16.9 Å². The lowest BCUT2D eigenvalue weighted by Gasteiger charge is -2.08. The lowest BCUT2D eigenvalue weighted by molar-refractivity contribution is -0.118. The van der Waals surface area contributed by atoms with E-state index in [0.29, 0.717) is 0 Å². The highest BCUT2D eigenvalue weighted by Gasteiger charge is 2.21. The van der Waals surface area contributed by atoms with Crippen LogP contribution in [0.3, 0.4) is 0 Å². The van der Waals surface area contributed by atoms with Gasteiger partial charge in [0.2, 0.25) is 5.91 Å². The zero-order valence-corrected chi connectivity index (χ0v) is 16.7. The first-order valence-electron chi connectivity index (χ1n) is 9.04. The number of benzene rings is 2. The standard InChI is InChI=1S/C21H23N3O3S/c1-16(2)28(26,27)15-20(25)22-13-18-14-24(19-11-7-4-8-12-19)23-21(18)17-9-5-3-6-10-17/h3-12,14,16H,13,15H2,1-2H3,(H,22,25). The van der Waals surface area contributed by atoms with Gasteiger partial charge in [0.25, 0.3) is 0 Å². The van der Waals surface area contributed by atoms with Crippen molar-refractivity contribution in [2.24, 2.45) is 0 Å². The number of nitrogens with one attached hydrogen (secondary N) is 1. The monoisotopic (exact) mass is 397 g/mol. The molecule has 7 heteroatoms. The van der Waals surface area contributed by atoms with Gasteiger partial charge in [-0.1, -0.05) is 48.5 Å². The molecule has 1 heterocycles. The molecule has 1 amide bonds. The van der Waals surface area contributed by atoms with Gasteiger partial charge in [0.05, 0.1) is 16.6 Å². The summed E-state index contributed by atoms with van der Waals surface area (Å²) in [5, 5.41) is 6.81. The van der Waals surface area contributed by atoms with E-state index in [2.05, 4.69) is 10.4 Å². The molecule has 3 rings (SSSR count). The van der Waals surface area contributed by atoms with Gasteiger partial charge in [0.1, 0.15) is 5.75 Å². The van der Waals surface area contributed by atoms with Crippen LogP contribution in [0.15, 0.2) is 66.9 Å². The van der Waals surface area contributed by atoms with E-state index in [0.717, 1.165) is 22.5 Å². The number of hydrogen-bond donors (Lipinski definition) is 1. The lowest BCUT2D eigenvalue weighted by atomic mass is 10.1. The third kappa shape index (κ3) is 4.67. The van der Waals surface area contributed by atoms with Crippen LogP contribution in [0.4, 0.5) is 0 Å². The van der Waals surface area contributed by atoms with E-state index in [1.54, 1.807) is 18.5 Å². The van der Waals surface area contributed by atoms with Crippen LogP contribution in [0.25, 0.3) is 16.9 Å². The van der Waals surface area contributed by atoms with Gasteiger partial charge in [-0.15, -0.1) is 0 Å². The molecular formula is C21H23N3O3S. The summed E-state index contributed by atoms with van der Waals surface area (Å²) >= 11 is 0. The molecule has 1 aromatic heterocycles. The molecule has 0 saturated carbocycles. The molecule has 1 N–H and O–H groups in total. The number of rotatable bonds is 7. The van der Waals surface area contributed by atoms with Crippen molar-refractivity contribution in [1.82, 2.24) is 15.1 Å².